The average Bonchev–Trinajstić information content (AvgIpc) is 2.95. The number of nitrogen functional groups attached to an aromatic ring is 1. The van der Waals surface area contributed by atoms with Crippen LogP contribution in [0.25, 0.3) is 0 Å². The van der Waals surface area contributed by atoms with E-state index in [0.717, 1.165) is 30.6 Å². The lowest BCUT2D eigenvalue weighted by atomic mass is 10.1. The quantitative estimate of drug-likeness (QED) is 0.917. The summed E-state index contributed by atoms with van der Waals surface area (Å²) >= 11 is 0. The van der Waals surface area contributed by atoms with Crippen LogP contribution in [0.2, 0.25) is 0 Å². The lowest BCUT2D eigenvalue weighted by molar-refractivity contribution is 0.0732. The van der Waals surface area contributed by atoms with E-state index in [0.29, 0.717) is 17.2 Å². The lowest BCUT2D eigenvalue weighted by Gasteiger charge is -2.24. The topological polar surface area (TPSA) is 85.0 Å². The van der Waals surface area contributed by atoms with Crippen LogP contribution in [0.5, 0.6) is 0 Å². The zero-order valence-corrected chi connectivity index (χ0v) is 12.8. The summed E-state index contributed by atoms with van der Waals surface area (Å²) in [5.74, 6) is 1.07. The molecule has 0 aromatic carbocycles. The molecule has 0 bridgehead atoms. The molecule has 1 saturated heterocycles. The van der Waals surface area contributed by atoms with Gasteiger partial charge in [-0.1, -0.05) is 0 Å². The van der Waals surface area contributed by atoms with Gasteiger partial charge in [-0.3, -0.25) is 9.78 Å². The third kappa shape index (κ3) is 2.77. The molecule has 6 nitrogen and oxygen atoms in total. The highest BCUT2D eigenvalue weighted by Gasteiger charge is 2.32. The number of nitrogens with two attached hydrogens (primary N) is 1. The number of carbonyl (C=O) groups is 1. The SMILES string of the molecule is Cc1cncc(C(=O)N2CCC[C@H]2c2cc(N)nc(C)n2)c1. The summed E-state index contributed by atoms with van der Waals surface area (Å²) < 4.78 is 0. The lowest BCUT2D eigenvalue weighted by Crippen LogP contribution is -2.31. The van der Waals surface area contributed by atoms with Crippen molar-refractivity contribution in [3.8, 4) is 0 Å². The van der Waals surface area contributed by atoms with Crippen molar-refractivity contribution in [1.82, 2.24) is 19.9 Å². The minimum Gasteiger partial charge on any atom is -0.384 e. The summed E-state index contributed by atoms with van der Waals surface area (Å²) in [4.78, 5) is 27.3. The summed E-state index contributed by atoms with van der Waals surface area (Å²) in [5, 5.41) is 0. The molecule has 2 aromatic heterocycles. The monoisotopic (exact) mass is 297 g/mol. The number of rotatable bonds is 2. The van der Waals surface area contributed by atoms with E-state index in [2.05, 4.69) is 15.0 Å². The van der Waals surface area contributed by atoms with Crippen LogP contribution < -0.4 is 5.73 Å². The molecule has 1 aliphatic heterocycles. The fourth-order valence-corrected chi connectivity index (χ4v) is 2.94. The van der Waals surface area contributed by atoms with Gasteiger partial charge in [0.25, 0.3) is 5.91 Å². The van der Waals surface area contributed by atoms with Crippen LogP contribution in [0, 0.1) is 13.8 Å². The maximum absolute atomic E-state index is 12.8. The van der Waals surface area contributed by atoms with E-state index in [1.165, 1.54) is 0 Å². The number of carbonyl (C=O) groups excluding carboxylic acids is 1. The number of pyridine rings is 1. The van der Waals surface area contributed by atoms with Crippen molar-refractivity contribution in [1.29, 1.82) is 0 Å². The van der Waals surface area contributed by atoms with E-state index >= 15 is 0 Å². The Morgan fingerprint density at radius 2 is 2.09 bits per heavy atom. The second-order valence-corrected chi connectivity index (χ2v) is 5.67. The fourth-order valence-electron chi connectivity index (χ4n) is 2.94. The molecule has 0 unspecified atom stereocenters. The molecule has 6 heteroatoms. The Morgan fingerprint density at radius 1 is 1.27 bits per heavy atom. The van der Waals surface area contributed by atoms with Gasteiger partial charge in [0.2, 0.25) is 0 Å². The number of aromatic nitrogens is 3. The molecule has 1 atom stereocenters. The predicted molar refractivity (Wildman–Crippen MR) is 83.2 cm³/mol. The Hall–Kier alpha value is -2.50. The molecule has 0 aliphatic carbocycles. The Balaban J connectivity index is 1.91. The van der Waals surface area contributed by atoms with E-state index in [-0.39, 0.29) is 11.9 Å². The molecule has 1 amide bonds. The van der Waals surface area contributed by atoms with Gasteiger partial charge in [0.05, 0.1) is 17.3 Å². The summed E-state index contributed by atoms with van der Waals surface area (Å²) in [7, 11) is 0. The highest BCUT2D eigenvalue weighted by molar-refractivity contribution is 5.94. The number of hydrogen-bond donors (Lipinski definition) is 1. The second-order valence-electron chi connectivity index (χ2n) is 5.67. The van der Waals surface area contributed by atoms with Crippen molar-refractivity contribution in [2.24, 2.45) is 0 Å². The highest BCUT2D eigenvalue weighted by atomic mass is 16.2. The van der Waals surface area contributed by atoms with Gasteiger partial charge in [-0.05, 0) is 38.3 Å². The van der Waals surface area contributed by atoms with E-state index in [9.17, 15) is 4.79 Å². The Bertz CT molecular complexity index is 695. The number of aryl methyl sites for hydroxylation is 2. The van der Waals surface area contributed by atoms with Crippen LogP contribution in [0.15, 0.2) is 24.5 Å². The van der Waals surface area contributed by atoms with Crippen molar-refractivity contribution >= 4 is 11.7 Å². The van der Waals surface area contributed by atoms with E-state index in [1.54, 1.807) is 18.5 Å². The second kappa shape index (κ2) is 5.71. The molecular formula is C16H19N5O. The Kier molecular flexibility index (Phi) is 3.75. The zero-order chi connectivity index (χ0) is 15.7. The molecule has 0 spiro atoms. The number of amides is 1. The summed E-state index contributed by atoms with van der Waals surface area (Å²) in [5.41, 5.74) is 8.22. The fraction of sp³-hybridized carbons (Fsp3) is 0.375. The highest BCUT2D eigenvalue weighted by Crippen LogP contribution is 2.32. The third-order valence-corrected chi connectivity index (χ3v) is 3.85. The normalized spacial score (nSPS) is 17.7. The maximum Gasteiger partial charge on any atom is 0.255 e. The molecule has 0 saturated carbocycles. The van der Waals surface area contributed by atoms with Crippen LogP contribution in [0.4, 0.5) is 5.82 Å². The summed E-state index contributed by atoms with van der Waals surface area (Å²) in [6.45, 7) is 4.46. The van der Waals surface area contributed by atoms with Crippen LogP contribution in [-0.2, 0) is 0 Å². The zero-order valence-electron chi connectivity index (χ0n) is 12.8. The van der Waals surface area contributed by atoms with Gasteiger partial charge in [0.1, 0.15) is 11.6 Å². The van der Waals surface area contributed by atoms with E-state index in [4.69, 9.17) is 5.73 Å². The smallest absolute Gasteiger partial charge is 0.255 e. The standard InChI is InChI=1S/C16H19N5O/c1-10-6-12(9-18-8-10)16(22)21-5-3-4-14(21)13-7-15(17)20-11(2)19-13/h6-9,14H,3-5H2,1-2H3,(H2,17,19,20)/t14-/m0/s1. The molecule has 114 valence electrons. The number of anilines is 1. The number of likely N-dealkylation sites (tertiary alicyclic amines) is 1. The Labute approximate surface area is 129 Å². The third-order valence-electron chi connectivity index (χ3n) is 3.85. The van der Waals surface area contributed by atoms with Gasteiger partial charge >= 0.3 is 0 Å². The van der Waals surface area contributed by atoms with Crippen LogP contribution >= 0.6 is 0 Å². The first-order valence-corrected chi connectivity index (χ1v) is 7.38. The van der Waals surface area contributed by atoms with Crippen molar-refractivity contribution in [3.63, 3.8) is 0 Å². The van der Waals surface area contributed by atoms with Crippen molar-refractivity contribution in [2.75, 3.05) is 12.3 Å². The maximum atomic E-state index is 12.8. The summed E-state index contributed by atoms with van der Waals surface area (Å²) in [6.07, 6.45) is 5.20. The molecule has 3 heterocycles. The van der Waals surface area contributed by atoms with Crippen LogP contribution in [0.3, 0.4) is 0 Å². The van der Waals surface area contributed by atoms with E-state index in [1.807, 2.05) is 24.8 Å². The molecular weight excluding hydrogens is 278 g/mol. The van der Waals surface area contributed by atoms with Crippen molar-refractivity contribution in [3.05, 3.63) is 47.2 Å². The number of nitrogens with zero attached hydrogens (tertiary/aromatic N) is 4. The van der Waals surface area contributed by atoms with E-state index < -0.39 is 0 Å². The van der Waals surface area contributed by atoms with Gasteiger partial charge in [-0.15, -0.1) is 0 Å². The van der Waals surface area contributed by atoms with Crippen LogP contribution in [-0.4, -0.2) is 32.3 Å². The molecule has 3 rings (SSSR count). The van der Waals surface area contributed by atoms with Gasteiger partial charge in [-0.25, -0.2) is 9.97 Å². The van der Waals surface area contributed by atoms with Gasteiger partial charge in [0.15, 0.2) is 0 Å². The molecule has 2 N–H and O–H groups in total. The first-order chi connectivity index (χ1) is 10.5. The molecule has 1 aliphatic rings. The molecule has 0 radical (unpaired) electrons. The van der Waals surface area contributed by atoms with Gasteiger partial charge < -0.3 is 10.6 Å². The minimum absolute atomic E-state index is 0.00598. The largest absolute Gasteiger partial charge is 0.384 e. The van der Waals surface area contributed by atoms with Gasteiger partial charge in [-0.2, -0.15) is 0 Å². The van der Waals surface area contributed by atoms with Gasteiger partial charge in [0, 0.05) is 25.0 Å². The first kappa shape index (κ1) is 14.4. The van der Waals surface area contributed by atoms with Crippen molar-refractivity contribution < 1.29 is 4.79 Å². The number of hydrogen-bond acceptors (Lipinski definition) is 5. The molecule has 2 aromatic rings. The minimum atomic E-state index is -0.0444. The Morgan fingerprint density at radius 3 is 2.82 bits per heavy atom. The first-order valence-electron chi connectivity index (χ1n) is 7.38. The van der Waals surface area contributed by atoms with Crippen molar-refractivity contribution in [2.45, 2.75) is 32.7 Å². The summed E-state index contributed by atoms with van der Waals surface area (Å²) in [6, 6.07) is 3.58. The molecule has 1 fully saturated rings. The average molecular weight is 297 g/mol. The van der Waals surface area contributed by atoms with Crippen LogP contribution in [0.1, 0.15) is 46.3 Å². The molecule has 22 heavy (non-hydrogen) atoms. The predicted octanol–water partition coefficient (Wildman–Crippen LogP) is 2.05.